The van der Waals surface area contributed by atoms with Crippen molar-refractivity contribution >= 4 is 23.2 Å². The SMILES string of the molecule is CN1[C@@H]2CC[C@H]1C=C(N(C(=O)c1ccc(Cl)cc1)c1ccccc1)C2. The second-order valence-electron chi connectivity index (χ2n) is 6.81. The molecule has 0 saturated carbocycles. The normalized spacial score (nSPS) is 22.6. The molecule has 2 atom stereocenters. The summed E-state index contributed by atoms with van der Waals surface area (Å²) < 4.78 is 0. The Labute approximate surface area is 153 Å². The summed E-state index contributed by atoms with van der Waals surface area (Å²) in [6, 6.07) is 18.0. The molecule has 4 heteroatoms. The van der Waals surface area contributed by atoms with E-state index in [1.807, 2.05) is 35.2 Å². The summed E-state index contributed by atoms with van der Waals surface area (Å²) in [6.07, 6.45) is 5.53. The van der Waals surface area contributed by atoms with Crippen molar-refractivity contribution in [1.82, 2.24) is 4.90 Å². The zero-order valence-electron chi connectivity index (χ0n) is 14.2. The largest absolute Gasteiger partial charge is 0.297 e. The summed E-state index contributed by atoms with van der Waals surface area (Å²) in [7, 11) is 2.18. The van der Waals surface area contributed by atoms with Crippen LogP contribution in [0.5, 0.6) is 0 Å². The molecule has 2 aliphatic heterocycles. The molecule has 0 N–H and O–H groups in total. The fourth-order valence-corrected chi connectivity index (χ4v) is 4.02. The molecule has 0 aliphatic carbocycles. The van der Waals surface area contributed by atoms with E-state index in [-0.39, 0.29) is 5.91 Å². The van der Waals surface area contributed by atoms with E-state index in [1.54, 1.807) is 24.3 Å². The van der Waals surface area contributed by atoms with E-state index in [2.05, 4.69) is 18.0 Å². The van der Waals surface area contributed by atoms with Crippen LogP contribution < -0.4 is 4.90 Å². The van der Waals surface area contributed by atoms with Gasteiger partial charge < -0.3 is 0 Å². The van der Waals surface area contributed by atoms with E-state index in [1.165, 1.54) is 12.8 Å². The van der Waals surface area contributed by atoms with Gasteiger partial charge in [-0.2, -0.15) is 0 Å². The highest BCUT2D eigenvalue weighted by Gasteiger charge is 2.36. The van der Waals surface area contributed by atoms with Gasteiger partial charge in [-0.25, -0.2) is 0 Å². The van der Waals surface area contributed by atoms with Crippen molar-refractivity contribution in [1.29, 1.82) is 0 Å². The number of fused-ring (bicyclic) bond motifs is 2. The van der Waals surface area contributed by atoms with Crippen molar-refractivity contribution < 1.29 is 4.79 Å². The molecule has 2 heterocycles. The Hall–Kier alpha value is -2.10. The minimum absolute atomic E-state index is 0.00179. The van der Waals surface area contributed by atoms with Gasteiger partial charge in [-0.1, -0.05) is 29.8 Å². The van der Waals surface area contributed by atoms with Gasteiger partial charge in [0.15, 0.2) is 0 Å². The molecular formula is C21H21ClN2O. The van der Waals surface area contributed by atoms with Gasteiger partial charge in [-0.15, -0.1) is 0 Å². The second-order valence-corrected chi connectivity index (χ2v) is 7.25. The lowest BCUT2D eigenvalue weighted by molar-refractivity contribution is 0.0991. The predicted octanol–water partition coefficient (Wildman–Crippen LogP) is 4.74. The minimum atomic E-state index is -0.00179. The number of rotatable bonds is 3. The summed E-state index contributed by atoms with van der Waals surface area (Å²) in [4.78, 5) is 17.6. The van der Waals surface area contributed by atoms with E-state index in [0.29, 0.717) is 22.7 Å². The van der Waals surface area contributed by atoms with Crippen LogP contribution >= 0.6 is 11.6 Å². The first-order valence-electron chi connectivity index (χ1n) is 8.71. The number of carbonyl (C=O) groups excluding carboxylic acids is 1. The number of hydrogen-bond donors (Lipinski definition) is 0. The van der Waals surface area contributed by atoms with Gasteiger partial charge in [0, 0.05) is 40.5 Å². The van der Waals surface area contributed by atoms with Crippen LogP contribution in [0.15, 0.2) is 66.4 Å². The van der Waals surface area contributed by atoms with Crippen molar-refractivity contribution in [3.8, 4) is 0 Å². The Bertz CT molecular complexity index is 800. The van der Waals surface area contributed by atoms with Crippen molar-refractivity contribution in [3.63, 3.8) is 0 Å². The Balaban J connectivity index is 1.74. The van der Waals surface area contributed by atoms with Crippen LogP contribution in [0.2, 0.25) is 5.02 Å². The standard InChI is InChI=1S/C21H21ClN2O/c1-23-18-11-12-19(23)14-20(13-18)24(17-5-3-2-4-6-17)21(25)15-7-9-16(22)10-8-15/h2-10,13,18-19H,11-12,14H2,1H3/t18-,19+/m0/s1. The van der Waals surface area contributed by atoms with Gasteiger partial charge in [-0.05, 0) is 62.4 Å². The first-order chi connectivity index (χ1) is 12.1. The summed E-state index contributed by atoms with van der Waals surface area (Å²) in [5.74, 6) is -0.00179. The molecule has 0 spiro atoms. The van der Waals surface area contributed by atoms with Gasteiger partial charge in [0.1, 0.15) is 0 Å². The molecule has 4 rings (SSSR count). The van der Waals surface area contributed by atoms with Crippen molar-refractivity contribution in [2.75, 3.05) is 11.9 Å². The highest BCUT2D eigenvalue weighted by atomic mass is 35.5. The Morgan fingerprint density at radius 1 is 1.08 bits per heavy atom. The number of benzene rings is 2. The molecule has 1 saturated heterocycles. The fraction of sp³-hybridized carbons (Fsp3) is 0.286. The topological polar surface area (TPSA) is 23.6 Å². The molecule has 0 radical (unpaired) electrons. The van der Waals surface area contributed by atoms with Crippen LogP contribution in [0.4, 0.5) is 5.69 Å². The van der Waals surface area contributed by atoms with Crippen molar-refractivity contribution in [3.05, 3.63) is 77.0 Å². The number of amides is 1. The van der Waals surface area contributed by atoms with Crippen LogP contribution in [-0.2, 0) is 0 Å². The molecule has 2 bridgehead atoms. The summed E-state index contributed by atoms with van der Waals surface area (Å²) >= 11 is 5.98. The van der Waals surface area contributed by atoms with E-state index in [9.17, 15) is 4.79 Å². The number of hydrogen-bond acceptors (Lipinski definition) is 2. The number of anilines is 1. The smallest absolute Gasteiger partial charge is 0.262 e. The quantitative estimate of drug-likeness (QED) is 0.796. The van der Waals surface area contributed by atoms with Gasteiger partial charge >= 0.3 is 0 Å². The number of likely N-dealkylation sites (N-methyl/N-ethyl adjacent to an activating group) is 1. The molecule has 2 aromatic rings. The third kappa shape index (κ3) is 3.10. The second kappa shape index (κ2) is 6.66. The highest BCUT2D eigenvalue weighted by Crippen LogP contribution is 2.36. The maximum atomic E-state index is 13.3. The minimum Gasteiger partial charge on any atom is -0.297 e. The molecule has 0 unspecified atom stereocenters. The average Bonchev–Trinajstić information content (AvgIpc) is 2.84. The molecular weight excluding hydrogens is 332 g/mol. The Morgan fingerprint density at radius 2 is 1.80 bits per heavy atom. The highest BCUT2D eigenvalue weighted by molar-refractivity contribution is 6.30. The van der Waals surface area contributed by atoms with Gasteiger partial charge in [0.2, 0.25) is 0 Å². The Kier molecular flexibility index (Phi) is 4.36. The number of halogens is 1. The molecule has 3 nitrogen and oxygen atoms in total. The molecule has 2 aliphatic rings. The van der Waals surface area contributed by atoms with E-state index >= 15 is 0 Å². The maximum absolute atomic E-state index is 13.3. The van der Waals surface area contributed by atoms with E-state index in [0.717, 1.165) is 17.8 Å². The molecule has 2 aromatic carbocycles. The lowest BCUT2D eigenvalue weighted by Crippen LogP contribution is -2.40. The zero-order valence-corrected chi connectivity index (χ0v) is 15.0. The van der Waals surface area contributed by atoms with E-state index in [4.69, 9.17) is 11.6 Å². The third-order valence-corrected chi connectivity index (χ3v) is 5.57. The first-order valence-corrected chi connectivity index (χ1v) is 9.09. The molecule has 128 valence electrons. The Morgan fingerprint density at radius 3 is 2.48 bits per heavy atom. The molecule has 25 heavy (non-hydrogen) atoms. The maximum Gasteiger partial charge on any atom is 0.262 e. The predicted molar refractivity (Wildman–Crippen MR) is 102 cm³/mol. The van der Waals surface area contributed by atoms with Crippen LogP contribution in [0, 0.1) is 0 Å². The first kappa shape index (κ1) is 16.4. The lowest BCUT2D eigenvalue weighted by Gasteiger charge is -2.35. The molecule has 1 amide bonds. The van der Waals surface area contributed by atoms with Crippen LogP contribution in [0.3, 0.4) is 0 Å². The average molecular weight is 353 g/mol. The van der Waals surface area contributed by atoms with E-state index < -0.39 is 0 Å². The molecule has 0 aromatic heterocycles. The zero-order chi connectivity index (χ0) is 17.4. The van der Waals surface area contributed by atoms with Crippen LogP contribution in [0.25, 0.3) is 0 Å². The summed E-state index contributed by atoms with van der Waals surface area (Å²) in [6.45, 7) is 0. The number of carbonyl (C=O) groups is 1. The fourth-order valence-electron chi connectivity index (χ4n) is 3.90. The van der Waals surface area contributed by atoms with Crippen LogP contribution in [-0.4, -0.2) is 29.9 Å². The summed E-state index contributed by atoms with van der Waals surface area (Å²) in [5.41, 5.74) is 2.68. The van der Waals surface area contributed by atoms with Gasteiger partial charge in [0.05, 0.1) is 0 Å². The van der Waals surface area contributed by atoms with Crippen molar-refractivity contribution in [2.45, 2.75) is 31.3 Å². The van der Waals surface area contributed by atoms with Crippen LogP contribution in [0.1, 0.15) is 29.6 Å². The lowest BCUT2D eigenvalue weighted by atomic mass is 10.0. The molecule has 1 fully saturated rings. The van der Waals surface area contributed by atoms with Gasteiger partial charge in [-0.3, -0.25) is 14.6 Å². The van der Waals surface area contributed by atoms with Crippen molar-refractivity contribution in [2.24, 2.45) is 0 Å². The summed E-state index contributed by atoms with van der Waals surface area (Å²) in [5, 5.41) is 0.638. The number of nitrogens with zero attached hydrogens (tertiary/aromatic N) is 2. The van der Waals surface area contributed by atoms with Gasteiger partial charge in [0.25, 0.3) is 5.91 Å². The third-order valence-electron chi connectivity index (χ3n) is 5.32. The number of para-hydroxylation sites is 1. The monoisotopic (exact) mass is 352 g/mol.